The summed E-state index contributed by atoms with van der Waals surface area (Å²) in [5, 5.41) is 13.3. The fourth-order valence-corrected chi connectivity index (χ4v) is 6.57. The number of nitrogens with one attached hydrogen (secondary N) is 1. The number of hydrogen-bond acceptors (Lipinski definition) is 3. The number of hydrogen-bond donors (Lipinski definition) is 2. The summed E-state index contributed by atoms with van der Waals surface area (Å²) in [5.74, 6) is 2.37. The van der Waals surface area contributed by atoms with Gasteiger partial charge in [-0.1, -0.05) is 42.0 Å². The van der Waals surface area contributed by atoms with Gasteiger partial charge in [0.2, 0.25) is 0 Å². The molecule has 0 radical (unpaired) electrons. The maximum atomic E-state index is 11.6. The first-order valence-electron chi connectivity index (χ1n) is 12.0. The number of aromatic carboxylic acids is 1. The van der Waals surface area contributed by atoms with E-state index >= 15 is 0 Å². The Kier molecular flexibility index (Phi) is 4.90. The van der Waals surface area contributed by atoms with E-state index in [9.17, 15) is 9.90 Å². The van der Waals surface area contributed by atoms with Crippen molar-refractivity contribution in [2.45, 2.75) is 44.8 Å². The molecule has 0 amide bonds. The molecule has 2 aliphatic carbocycles. The van der Waals surface area contributed by atoms with Gasteiger partial charge in [-0.25, -0.2) is 4.79 Å². The highest BCUT2D eigenvalue weighted by molar-refractivity contribution is 5.88. The van der Waals surface area contributed by atoms with Gasteiger partial charge in [0.25, 0.3) is 0 Å². The summed E-state index contributed by atoms with van der Waals surface area (Å²) >= 11 is 0. The Hall–Kier alpha value is -3.27. The summed E-state index contributed by atoms with van der Waals surface area (Å²) in [7, 11) is 0. The van der Waals surface area contributed by atoms with Crippen LogP contribution in [0, 0.1) is 24.7 Å². The molecule has 3 aliphatic rings. The summed E-state index contributed by atoms with van der Waals surface area (Å²) in [6, 6.07) is 22.8. The molecule has 2 saturated carbocycles. The Morgan fingerprint density at radius 3 is 2.52 bits per heavy atom. The largest absolute Gasteiger partial charge is 0.489 e. The maximum Gasteiger partial charge on any atom is 0.335 e. The summed E-state index contributed by atoms with van der Waals surface area (Å²) in [5.41, 5.74) is 6.40. The van der Waals surface area contributed by atoms with Crippen molar-refractivity contribution in [3.05, 3.63) is 94.5 Å². The standard InChI is InChI=1S/C29H29NO3/c1-17-2-4-18(5-3-17)16-33-23-11-8-19(9-12-23)28-27-21-7-6-20(14-21)26(27)24-15-22(29(31)32)10-13-25(24)30-28/h2-5,8-13,15,20-21,26-28,30H,6-7,14,16H2,1H3,(H,31,32)/t20-,21-,26+,27+,28-/m0/s1. The van der Waals surface area contributed by atoms with Crippen LogP contribution in [0.4, 0.5) is 5.69 Å². The number of benzene rings is 3. The first-order valence-corrected chi connectivity index (χ1v) is 12.0. The third kappa shape index (κ3) is 3.58. The molecule has 2 N–H and O–H groups in total. The second kappa shape index (κ2) is 7.95. The van der Waals surface area contributed by atoms with E-state index in [2.05, 4.69) is 60.8 Å². The molecule has 2 fully saturated rings. The monoisotopic (exact) mass is 439 g/mol. The first-order chi connectivity index (χ1) is 16.1. The Morgan fingerprint density at radius 1 is 1.00 bits per heavy atom. The van der Waals surface area contributed by atoms with E-state index in [1.165, 1.54) is 41.5 Å². The lowest BCUT2D eigenvalue weighted by molar-refractivity contribution is 0.0696. The van der Waals surface area contributed by atoms with Crippen molar-refractivity contribution in [3.63, 3.8) is 0 Å². The van der Waals surface area contributed by atoms with Crippen LogP contribution in [0.15, 0.2) is 66.7 Å². The highest BCUT2D eigenvalue weighted by Crippen LogP contribution is 2.63. The minimum absolute atomic E-state index is 0.250. The van der Waals surface area contributed by atoms with Gasteiger partial charge in [0, 0.05) is 5.69 Å². The van der Waals surface area contributed by atoms with E-state index in [4.69, 9.17) is 4.74 Å². The molecule has 1 heterocycles. The topological polar surface area (TPSA) is 58.6 Å². The SMILES string of the molecule is Cc1ccc(COc2ccc([C@@H]3Nc4ccc(C(=O)O)cc4[C@H]4[C@H]5CC[C@@H](C5)[C@H]43)cc2)cc1. The van der Waals surface area contributed by atoms with Crippen molar-refractivity contribution >= 4 is 11.7 Å². The van der Waals surface area contributed by atoms with E-state index in [-0.39, 0.29) is 6.04 Å². The van der Waals surface area contributed by atoms with Gasteiger partial charge in [-0.3, -0.25) is 0 Å². The number of rotatable bonds is 5. The van der Waals surface area contributed by atoms with Crippen molar-refractivity contribution in [1.82, 2.24) is 0 Å². The van der Waals surface area contributed by atoms with Crippen LogP contribution in [0.1, 0.15) is 63.8 Å². The van der Waals surface area contributed by atoms with Gasteiger partial charge in [0.05, 0.1) is 11.6 Å². The molecule has 4 heteroatoms. The molecular weight excluding hydrogens is 410 g/mol. The van der Waals surface area contributed by atoms with Crippen molar-refractivity contribution in [2.24, 2.45) is 17.8 Å². The van der Waals surface area contributed by atoms with Crippen LogP contribution in [0.5, 0.6) is 5.75 Å². The lowest BCUT2D eigenvalue weighted by Crippen LogP contribution is -2.35. The highest BCUT2D eigenvalue weighted by atomic mass is 16.5. The van der Waals surface area contributed by atoms with Crippen LogP contribution in [0.25, 0.3) is 0 Å². The summed E-state index contributed by atoms with van der Waals surface area (Å²) < 4.78 is 6.03. The van der Waals surface area contributed by atoms with Crippen molar-refractivity contribution in [1.29, 1.82) is 0 Å². The molecule has 5 atom stereocenters. The average Bonchev–Trinajstić information content (AvgIpc) is 3.46. The van der Waals surface area contributed by atoms with Crippen molar-refractivity contribution in [2.75, 3.05) is 5.32 Å². The van der Waals surface area contributed by atoms with E-state index in [0.29, 0.717) is 35.8 Å². The molecule has 0 aromatic heterocycles. The predicted molar refractivity (Wildman–Crippen MR) is 129 cm³/mol. The van der Waals surface area contributed by atoms with Crippen LogP contribution < -0.4 is 10.1 Å². The van der Waals surface area contributed by atoms with Crippen LogP contribution in [-0.2, 0) is 6.61 Å². The number of aryl methyl sites for hydroxylation is 1. The van der Waals surface area contributed by atoms with Crippen LogP contribution in [0.3, 0.4) is 0 Å². The summed E-state index contributed by atoms with van der Waals surface area (Å²) in [6.07, 6.45) is 3.82. The minimum Gasteiger partial charge on any atom is -0.489 e. The first kappa shape index (κ1) is 20.3. The second-order valence-corrected chi connectivity index (χ2v) is 10.0. The molecule has 0 unspecified atom stereocenters. The van der Waals surface area contributed by atoms with Gasteiger partial charge in [0.1, 0.15) is 12.4 Å². The van der Waals surface area contributed by atoms with Crippen LogP contribution in [-0.4, -0.2) is 11.1 Å². The zero-order valence-corrected chi connectivity index (χ0v) is 18.8. The number of carboxylic acids is 1. The zero-order chi connectivity index (χ0) is 22.5. The molecule has 3 aromatic carbocycles. The lowest BCUT2D eigenvalue weighted by atomic mass is 9.68. The highest BCUT2D eigenvalue weighted by Gasteiger charge is 2.53. The third-order valence-corrected chi connectivity index (χ3v) is 8.10. The van der Waals surface area contributed by atoms with Gasteiger partial charge >= 0.3 is 5.97 Å². The Balaban J connectivity index is 1.25. The molecule has 6 rings (SSSR count). The Morgan fingerprint density at radius 2 is 1.76 bits per heavy atom. The Labute approximate surface area is 194 Å². The second-order valence-electron chi connectivity index (χ2n) is 10.0. The summed E-state index contributed by atoms with van der Waals surface area (Å²) in [6.45, 7) is 2.65. The summed E-state index contributed by atoms with van der Waals surface area (Å²) in [4.78, 5) is 11.6. The average molecular weight is 440 g/mol. The van der Waals surface area contributed by atoms with Crippen LogP contribution >= 0.6 is 0 Å². The van der Waals surface area contributed by atoms with Gasteiger partial charge in [0.15, 0.2) is 0 Å². The predicted octanol–water partition coefficient (Wildman–Crippen LogP) is 6.57. The van der Waals surface area contributed by atoms with E-state index in [1.54, 1.807) is 6.07 Å². The lowest BCUT2D eigenvalue weighted by Gasteiger charge is -2.43. The number of anilines is 1. The van der Waals surface area contributed by atoms with Gasteiger partial charge < -0.3 is 15.2 Å². The molecule has 0 spiro atoms. The maximum absolute atomic E-state index is 11.6. The van der Waals surface area contributed by atoms with E-state index in [1.807, 2.05) is 12.1 Å². The van der Waals surface area contributed by atoms with Crippen molar-refractivity contribution < 1.29 is 14.6 Å². The zero-order valence-electron chi connectivity index (χ0n) is 18.8. The van der Waals surface area contributed by atoms with Crippen molar-refractivity contribution in [3.8, 4) is 5.75 Å². The van der Waals surface area contributed by atoms with Gasteiger partial charge in [-0.05, 0) is 96.9 Å². The number of ether oxygens (including phenoxy) is 1. The normalized spacial score (nSPS) is 26.9. The number of carbonyl (C=O) groups is 1. The van der Waals surface area contributed by atoms with Crippen LogP contribution in [0.2, 0.25) is 0 Å². The molecule has 0 saturated heterocycles. The molecule has 168 valence electrons. The molecule has 4 nitrogen and oxygen atoms in total. The van der Waals surface area contributed by atoms with E-state index in [0.717, 1.165) is 11.4 Å². The fraction of sp³-hybridized carbons (Fsp3) is 0.345. The fourth-order valence-electron chi connectivity index (χ4n) is 6.57. The van der Waals surface area contributed by atoms with Gasteiger partial charge in [-0.2, -0.15) is 0 Å². The quantitative estimate of drug-likeness (QED) is 0.472. The third-order valence-electron chi connectivity index (χ3n) is 8.10. The molecule has 33 heavy (non-hydrogen) atoms. The molecular formula is C29H29NO3. The Bertz CT molecular complexity index is 1180. The number of carboxylic acid groups (broad SMARTS) is 1. The van der Waals surface area contributed by atoms with E-state index < -0.39 is 5.97 Å². The smallest absolute Gasteiger partial charge is 0.335 e. The van der Waals surface area contributed by atoms with Gasteiger partial charge in [-0.15, -0.1) is 0 Å². The minimum atomic E-state index is -0.846. The molecule has 1 aliphatic heterocycles. The number of fused-ring (bicyclic) bond motifs is 7. The molecule has 2 bridgehead atoms. The molecule has 3 aromatic rings.